The van der Waals surface area contributed by atoms with E-state index in [1.807, 2.05) is 6.26 Å². The van der Waals surface area contributed by atoms with Gasteiger partial charge in [0.15, 0.2) is 0 Å². The zero-order valence-electron chi connectivity index (χ0n) is 11.7. The van der Waals surface area contributed by atoms with Crippen molar-refractivity contribution in [2.24, 2.45) is 5.92 Å². The van der Waals surface area contributed by atoms with Crippen molar-refractivity contribution >= 4 is 23.6 Å². The topological polar surface area (TPSA) is 66.4 Å². The van der Waals surface area contributed by atoms with Crippen LogP contribution in [0.5, 0.6) is 0 Å². The van der Waals surface area contributed by atoms with Crippen molar-refractivity contribution in [3.63, 3.8) is 0 Å². The fourth-order valence-corrected chi connectivity index (χ4v) is 3.04. The Kier molecular flexibility index (Phi) is 7.94. The molecule has 0 aromatic heterocycles. The maximum absolute atomic E-state index is 11.8. The summed E-state index contributed by atoms with van der Waals surface area (Å²) in [4.78, 5) is 22.8. The molecule has 4 nitrogen and oxygen atoms in total. The van der Waals surface area contributed by atoms with Crippen LogP contribution in [0, 0.1) is 5.92 Å². The van der Waals surface area contributed by atoms with E-state index in [0.29, 0.717) is 18.8 Å². The van der Waals surface area contributed by atoms with Crippen molar-refractivity contribution in [3.8, 4) is 0 Å². The third kappa shape index (κ3) is 6.85. The number of amides is 1. The standard InChI is InChI=1S/C14H25NO3S/c1-19-10-9-12(14(17)18)15-13(16)8-7-11-5-3-2-4-6-11/h11-12H,2-10H2,1H3,(H,15,16)(H,17,18)/t12-/m0/s1. The van der Waals surface area contributed by atoms with E-state index in [4.69, 9.17) is 5.11 Å². The highest BCUT2D eigenvalue weighted by Gasteiger charge is 2.20. The Morgan fingerprint density at radius 1 is 1.32 bits per heavy atom. The third-order valence-corrected chi connectivity index (χ3v) is 4.39. The van der Waals surface area contributed by atoms with E-state index >= 15 is 0 Å². The smallest absolute Gasteiger partial charge is 0.326 e. The first kappa shape index (κ1) is 16.3. The van der Waals surface area contributed by atoms with Crippen molar-refractivity contribution < 1.29 is 14.7 Å². The van der Waals surface area contributed by atoms with Crippen molar-refractivity contribution in [3.05, 3.63) is 0 Å². The first-order valence-corrected chi connectivity index (χ1v) is 8.54. The molecule has 0 radical (unpaired) electrons. The van der Waals surface area contributed by atoms with Crippen molar-refractivity contribution in [1.29, 1.82) is 0 Å². The number of carbonyl (C=O) groups excluding carboxylic acids is 1. The molecule has 1 fully saturated rings. The number of aliphatic carboxylic acids is 1. The molecular formula is C14H25NO3S. The van der Waals surface area contributed by atoms with Crippen LogP contribution in [0.3, 0.4) is 0 Å². The lowest BCUT2D eigenvalue weighted by Crippen LogP contribution is -2.41. The van der Waals surface area contributed by atoms with Crippen LogP contribution in [0.1, 0.15) is 51.4 Å². The summed E-state index contributed by atoms with van der Waals surface area (Å²) in [6.45, 7) is 0. The van der Waals surface area contributed by atoms with Gasteiger partial charge in [0.1, 0.15) is 6.04 Å². The van der Waals surface area contributed by atoms with Crippen LogP contribution in [0.4, 0.5) is 0 Å². The summed E-state index contributed by atoms with van der Waals surface area (Å²) in [6, 6.07) is -0.730. The van der Waals surface area contributed by atoms with E-state index in [1.54, 1.807) is 11.8 Å². The fourth-order valence-electron chi connectivity index (χ4n) is 2.57. The third-order valence-electron chi connectivity index (χ3n) is 3.75. The van der Waals surface area contributed by atoms with Gasteiger partial charge in [-0.05, 0) is 30.8 Å². The molecule has 1 aliphatic rings. The molecule has 0 saturated heterocycles. The van der Waals surface area contributed by atoms with Gasteiger partial charge in [-0.25, -0.2) is 4.79 Å². The zero-order valence-corrected chi connectivity index (χ0v) is 12.5. The Morgan fingerprint density at radius 3 is 2.58 bits per heavy atom. The highest BCUT2D eigenvalue weighted by atomic mass is 32.2. The van der Waals surface area contributed by atoms with E-state index in [0.717, 1.165) is 12.2 Å². The lowest BCUT2D eigenvalue weighted by molar-refractivity contribution is -0.141. The Morgan fingerprint density at radius 2 is 2.00 bits per heavy atom. The van der Waals surface area contributed by atoms with Crippen LogP contribution in [0.15, 0.2) is 0 Å². The molecule has 0 aromatic rings. The molecule has 0 aliphatic heterocycles. The molecule has 19 heavy (non-hydrogen) atoms. The van der Waals surface area contributed by atoms with Crippen molar-refractivity contribution in [2.75, 3.05) is 12.0 Å². The average molecular weight is 287 g/mol. The van der Waals surface area contributed by atoms with Gasteiger partial charge in [-0.15, -0.1) is 0 Å². The van der Waals surface area contributed by atoms with Gasteiger partial charge in [0.25, 0.3) is 0 Å². The molecule has 1 saturated carbocycles. The first-order valence-electron chi connectivity index (χ1n) is 7.14. The number of hydrogen-bond acceptors (Lipinski definition) is 3. The highest BCUT2D eigenvalue weighted by molar-refractivity contribution is 7.98. The molecule has 1 rings (SSSR count). The molecular weight excluding hydrogens is 262 g/mol. The van der Waals surface area contributed by atoms with Crippen LogP contribution >= 0.6 is 11.8 Å². The molecule has 1 atom stereocenters. The summed E-state index contributed by atoms with van der Waals surface area (Å²) < 4.78 is 0. The van der Waals surface area contributed by atoms with Gasteiger partial charge in [0.05, 0.1) is 0 Å². The molecule has 1 amide bonds. The number of carbonyl (C=O) groups is 2. The predicted octanol–water partition coefficient (Wildman–Crippen LogP) is 2.67. The van der Waals surface area contributed by atoms with Crippen LogP contribution in [-0.4, -0.2) is 35.0 Å². The van der Waals surface area contributed by atoms with Crippen LogP contribution < -0.4 is 5.32 Å². The number of rotatable bonds is 8. The monoisotopic (exact) mass is 287 g/mol. The first-order chi connectivity index (χ1) is 9.13. The predicted molar refractivity (Wildman–Crippen MR) is 78.4 cm³/mol. The summed E-state index contributed by atoms with van der Waals surface area (Å²) >= 11 is 1.60. The fraction of sp³-hybridized carbons (Fsp3) is 0.857. The van der Waals surface area contributed by atoms with E-state index in [2.05, 4.69) is 5.32 Å². The molecule has 1 aliphatic carbocycles. The van der Waals surface area contributed by atoms with E-state index < -0.39 is 12.0 Å². The summed E-state index contributed by atoms with van der Waals surface area (Å²) in [5, 5.41) is 11.7. The van der Waals surface area contributed by atoms with Gasteiger partial charge in [-0.2, -0.15) is 11.8 Å². The second-order valence-corrected chi connectivity index (χ2v) is 6.27. The summed E-state index contributed by atoms with van der Waals surface area (Å²) in [7, 11) is 0. The molecule has 0 heterocycles. The van der Waals surface area contributed by atoms with Gasteiger partial charge in [0, 0.05) is 6.42 Å². The minimum Gasteiger partial charge on any atom is -0.480 e. The maximum atomic E-state index is 11.8. The number of thioether (sulfide) groups is 1. The van der Waals surface area contributed by atoms with Gasteiger partial charge in [-0.1, -0.05) is 32.1 Å². The lowest BCUT2D eigenvalue weighted by atomic mass is 9.86. The number of hydrogen-bond donors (Lipinski definition) is 2. The summed E-state index contributed by atoms with van der Waals surface area (Å²) in [5.74, 6) is 0.369. The Labute approximate surface area is 119 Å². The van der Waals surface area contributed by atoms with Gasteiger partial charge in [-0.3, -0.25) is 4.79 Å². The minimum absolute atomic E-state index is 0.112. The van der Waals surface area contributed by atoms with E-state index in [1.165, 1.54) is 32.1 Å². The Bertz CT molecular complexity index is 290. The van der Waals surface area contributed by atoms with Crippen molar-refractivity contribution in [2.45, 2.75) is 57.4 Å². The molecule has 2 N–H and O–H groups in total. The quantitative estimate of drug-likeness (QED) is 0.720. The SMILES string of the molecule is CSCC[C@H](NC(=O)CCC1CCCCC1)C(=O)O. The molecule has 0 aromatic carbocycles. The van der Waals surface area contributed by atoms with Crippen LogP contribution in [0.25, 0.3) is 0 Å². The Balaban J connectivity index is 2.25. The highest BCUT2D eigenvalue weighted by Crippen LogP contribution is 2.27. The van der Waals surface area contributed by atoms with Crippen molar-refractivity contribution in [1.82, 2.24) is 5.32 Å². The molecule has 0 bridgehead atoms. The number of nitrogens with one attached hydrogen (secondary N) is 1. The molecule has 0 unspecified atom stereocenters. The Hall–Kier alpha value is -0.710. The second kappa shape index (κ2) is 9.23. The van der Waals surface area contributed by atoms with Gasteiger partial charge < -0.3 is 10.4 Å². The largest absolute Gasteiger partial charge is 0.480 e. The average Bonchev–Trinajstić information content (AvgIpc) is 2.42. The van der Waals surface area contributed by atoms with Gasteiger partial charge in [0.2, 0.25) is 5.91 Å². The van der Waals surface area contributed by atoms with Crippen LogP contribution in [0.2, 0.25) is 0 Å². The minimum atomic E-state index is -0.930. The maximum Gasteiger partial charge on any atom is 0.326 e. The molecule has 0 spiro atoms. The zero-order chi connectivity index (χ0) is 14.1. The molecule has 5 heteroatoms. The number of carboxylic acids is 1. The van der Waals surface area contributed by atoms with Crippen LogP contribution in [-0.2, 0) is 9.59 Å². The lowest BCUT2D eigenvalue weighted by Gasteiger charge is -2.21. The summed E-state index contributed by atoms with van der Waals surface area (Å²) in [5.41, 5.74) is 0. The van der Waals surface area contributed by atoms with Gasteiger partial charge >= 0.3 is 5.97 Å². The number of carboxylic acid groups (broad SMARTS) is 1. The normalized spacial score (nSPS) is 17.9. The van der Waals surface area contributed by atoms with E-state index in [9.17, 15) is 9.59 Å². The second-order valence-electron chi connectivity index (χ2n) is 5.28. The summed E-state index contributed by atoms with van der Waals surface area (Å²) in [6.07, 6.45) is 10.1. The molecule has 110 valence electrons. The van der Waals surface area contributed by atoms with E-state index in [-0.39, 0.29) is 5.91 Å².